The second-order valence-corrected chi connectivity index (χ2v) is 5.71. The Morgan fingerprint density at radius 1 is 1.48 bits per heavy atom. The van der Waals surface area contributed by atoms with E-state index in [1.807, 2.05) is 4.68 Å². The first kappa shape index (κ1) is 13.6. The highest BCUT2D eigenvalue weighted by Crippen LogP contribution is 2.32. The zero-order valence-electron chi connectivity index (χ0n) is 12.4. The molecule has 108 valence electrons. The molecule has 2 heterocycles. The Kier molecular flexibility index (Phi) is 3.61. The number of aryl methyl sites for hydroxylation is 1. The van der Waals surface area contributed by atoms with Crippen molar-refractivity contribution in [1.29, 1.82) is 5.26 Å². The van der Waals surface area contributed by atoms with E-state index in [2.05, 4.69) is 36.4 Å². The molecule has 0 saturated carbocycles. The molecular weight excluding hydrogens is 262 g/mol. The zero-order valence-corrected chi connectivity index (χ0v) is 12.4. The molecule has 0 fully saturated rings. The summed E-state index contributed by atoms with van der Waals surface area (Å²) in [4.78, 5) is 4.29. The summed E-state index contributed by atoms with van der Waals surface area (Å²) in [5.41, 5.74) is 2.99. The maximum atomic E-state index is 9.17. The number of nitrogens with one attached hydrogen (secondary N) is 1. The van der Waals surface area contributed by atoms with Gasteiger partial charge in [-0.15, -0.1) is 0 Å². The van der Waals surface area contributed by atoms with Gasteiger partial charge >= 0.3 is 0 Å². The van der Waals surface area contributed by atoms with Crippen LogP contribution >= 0.6 is 0 Å². The molecule has 0 radical (unpaired) electrons. The third kappa shape index (κ3) is 2.62. The number of aromatic nitrogens is 3. The first-order valence-corrected chi connectivity index (χ1v) is 7.38. The molecule has 3 rings (SSSR count). The van der Waals surface area contributed by atoms with Gasteiger partial charge in [0.05, 0.1) is 17.3 Å². The van der Waals surface area contributed by atoms with E-state index in [1.165, 1.54) is 5.56 Å². The van der Waals surface area contributed by atoms with Gasteiger partial charge in [-0.3, -0.25) is 4.68 Å². The van der Waals surface area contributed by atoms with Crippen LogP contribution in [0.3, 0.4) is 0 Å². The molecule has 1 aliphatic carbocycles. The molecule has 0 aromatic carbocycles. The van der Waals surface area contributed by atoms with Crippen molar-refractivity contribution in [3.8, 4) is 6.07 Å². The van der Waals surface area contributed by atoms with Gasteiger partial charge in [0.15, 0.2) is 0 Å². The minimum atomic E-state index is 0.135. The van der Waals surface area contributed by atoms with E-state index < -0.39 is 0 Å². The van der Waals surface area contributed by atoms with Gasteiger partial charge in [0.2, 0.25) is 0 Å². The summed E-state index contributed by atoms with van der Waals surface area (Å²) in [5, 5.41) is 17.3. The molecule has 0 spiro atoms. The van der Waals surface area contributed by atoms with Crippen LogP contribution in [0.5, 0.6) is 0 Å². The van der Waals surface area contributed by atoms with Crippen LogP contribution in [-0.2, 0) is 6.42 Å². The average Bonchev–Trinajstić information content (AvgIpc) is 2.93. The Morgan fingerprint density at radius 3 is 3.10 bits per heavy atom. The quantitative estimate of drug-likeness (QED) is 0.938. The molecule has 0 bridgehead atoms. The van der Waals surface area contributed by atoms with Gasteiger partial charge in [-0.25, -0.2) is 4.98 Å². The Hall–Kier alpha value is -2.35. The number of hydrogen-bond acceptors (Lipinski definition) is 4. The van der Waals surface area contributed by atoms with E-state index in [1.54, 1.807) is 18.3 Å². The fourth-order valence-electron chi connectivity index (χ4n) is 2.74. The molecule has 2 aromatic rings. The topological polar surface area (TPSA) is 66.5 Å². The van der Waals surface area contributed by atoms with Gasteiger partial charge < -0.3 is 5.32 Å². The van der Waals surface area contributed by atoms with Crippen molar-refractivity contribution >= 4 is 5.82 Å². The molecule has 0 saturated heterocycles. The van der Waals surface area contributed by atoms with E-state index in [4.69, 9.17) is 5.10 Å². The van der Waals surface area contributed by atoms with Gasteiger partial charge in [-0.05, 0) is 50.8 Å². The molecule has 5 heteroatoms. The maximum Gasteiger partial charge on any atom is 0.144 e. The minimum Gasteiger partial charge on any atom is -0.361 e. The molecule has 2 aromatic heterocycles. The third-order valence-electron chi connectivity index (χ3n) is 3.88. The predicted octanol–water partition coefficient (Wildman–Crippen LogP) is 3.22. The lowest BCUT2D eigenvalue weighted by Gasteiger charge is -2.23. The van der Waals surface area contributed by atoms with Crippen LogP contribution in [0.4, 0.5) is 5.82 Å². The number of anilines is 1. The third-order valence-corrected chi connectivity index (χ3v) is 3.88. The lowest BCUT2D eigenvalue weighted by atomic mass is 9.93. The van der Waals surface area contributed by atoms with Crippen LogP contribution in [0.25, 0.3) is 0 Å². The summed E-state index contributed by atoms with van der Waals surface area (Å²) < 4.78 is 2.02. The minimum absolute atomic E-state index is 0.135. The fourth-order valence-corrected chi connectivity index (χ4v) is 2.74. The lowest BCUT2D eigenvalue weighted by Crippen LogP contribution is -2.18. The molecule has 5 nitrogen and oxygen atoms in total. The summed E-state index contributed by atoms with van der Waals surface area (Å²) in [6, 6.07) is 6.24. The average molecular weight is 281 g/mol. The van der Waals surface area contributed by atoms with Crippen molar-refractivity contribution in [2.75, 3.05) is 5.32 Å². The highest BCUT2D eigenvalue weighted by atomic mass is 15.3. The monoisotopic (exact) mass is 281 g/mol. The SMILES string of the molecule is CC(C)n1cc2c(n1)C(Nc1ncccc1C#N)CCC2. The summed E-state index contributed by atoms with van der Waals surface area (Å²) in [6.45, 7) is 4.26. The molecule has 0 amide bonds. The van der Waals surface area contributed by atoms with Crippen molar-refractivity contribution in [1.82, 2.24) is 14.8 Å². The molecule has 1 N–H and O–H groups in total. The number of nitrogens with zero attached hydrogens (tertiary/aromatic N) is 4. The fraction of sp³-hybridized carbons (Fsp3) is 0.438. The van der Waals surface area contributed by atoms with E-state index in [-0.39, 0.29) is 6.04 Å². The van der Waals surface area contributed by atoms with Crippen LogP contribution in [0.2, 0.25) is 0 Å². The van der Waals surface area contributed by atoms with Gasteiger partial charge in [0.1, 0.15) is 11.9 Å². The van der Waals surface area contributed by atoms with Gasteiger partial charge in [-0.2, -0.15) is 10.4 Å². The van der Waals surface area contributed by atoms with E-state index in [0.29, 0.717) is 17.4 Å². The Labute approximate surface area is 124 Å². The van der Waals surface area contributed by atoms with Crippen LogP contribution in [0.1, 0.15) is 55.6 Å². The van der Waals surface area contributed by atoms with Gasteiger partial charge in [0, 0.05) is 18.4 Å². The van der Waals surface area contributed by atoms with Crippen LogP contribution in [0.15, 0.2) is 24.5 Å². The molecular formula is C16H19N5. The number of fused-ring (bicyclic) bond motifs is 1. The van der Waals surface area contributed by atoms with E-state index >= 15 is 0 Å². The Morgan fingerprint density at radius 2 is 2.33 bits per heavy atom. The summed E-state index contributed by atoms with van der Waals surface area (Å²) in [5.74, 6) is 0.650. The Bertz CT molecular complexity index is 680. The standard InChI is InChI=1S/C16H19N5/c1-11(2)21-10-13-5-3-7-14(15(13)20-21)19-16-12(9-17)6-4-8-18-16/h4,6,8,10-11,14H,3,5,7H2,1-2H3,(H,18,19). The number of hydrogen-bond donors (Lipinski definition) is 1. The summed E-state index contributed by atoms with van der Waals surface area (Å²) in [6.07, 6.45) is 7.08. The molecule has 21 heavy (non-hydrogen) atoms. The van der Waals surface area contributed by atoms with Crippen molar-refractivity contribution in [2.45, 2.75) is 45.2 Å². The van der Waals surface area contributed by atoms with Crippen LogP contribution < -0.4 is 5.32 Å². The molecule has 1 aliphatic rings. The van der Waals surface area contributed by atoms with E-state index in [9.17, 15) is 5.26 Å². The molecule has 1 unspecified atom stereocenters. The lowest BCUT2D eigenvalue weighted by molar-refractivity contribution is 0.515. The largest absolute Gasteiger partial charge is 0.361 e. The number of rotatable bonds is 3. The van der Waals surface area contributed by atoms with Gasteiger partial charge in [-0.1, -0.05) is 0 Å². The highest BCUT2D eigenvalue weighted by Gasteiger charge is 2.25. The van der Waals surface area contributed by atoms with Crippen molar-refractivity contribution < 1.29 is 0 Å². The van der Waals surface area contributed by atoms with Crippen molar-refractivity contribution in [3.63, 3.8) is 0 Å². The van der Waals surface area contributed by atoms with Crippen LogP contribution in [0, 0.1) is 11.3 Å². The molecule has 1 atom stereocenters. The van der Waals surface area contributed by atoms with Crippen molar-refractivity contribution in [3.05, 3.63) is 41.3 Å². The summed E-state index contributed by atoms with van der Waals surface area (Å²) in [7, 11) is 0. The van der Waals surface area contributed by atoms with Gasteiger partial charge in [0.25, 0.3) is 0 Å². The zero-order chi connectivity index (χ0) is 14.8. The first-order chi connectivity index (χ1) is 10.2. The smallest absolute Gasteiger partial charge is 0.144 e. The first-order valence-electron chi connectivity index (χ1n) is 7.38. The summed E-state index contributed by atoms with van der Waals surface area (Å²) >= 11 is 0. The highest BCUT2D eigenvalue weighted by molar-refractivity contribution is 5.52. The Balaban J connectivity index is 1.90. The van der Waals surface area contributed by atoms with E-state index in [0.717, 1.165) is 25.0 Å². The maximum absolute atomic E-state index is 9.17. The predicted molar refractivity (Wildman–Crippen MR) is 80.9 cm³/mol. The second-order valence-electron chi connectivity index (χ2n) is 5.71. The van der Waals surface area contributed by atoms with Crippen LogP contribution in [-0.4, -0.2) is 14.8 Å². The van der Waals surface area contributed by atoms with Crippen molar-refractivity contribution in [2.24, 2.45) is 0 Å². The second kappa shape index (κ2) is 5.57. The normalized spacial score (nSPS) is 17.3. The molecule has 0 aliphatic heterocycles. The number of nitriles is 1. The number of pyridine rings is 1.